The van der Waals surface area contributed by atoms with Gasteiger partial charge in [-0.15, -0.1) is 0 Å². The second kappa shape index (κ2) is 8.45. The van der Waals surface area contributed by atoms with Gasteiger partial charge >= 0.3 is 0 Å². The molecule has 0 aliphatic carbocycles. The zero-order valence-corrected chi connectivity index (χ0v) is 14.6. The first-order valence-corrected chi connectivity index (χ1v) is 8.81. The lowest BCUT2D eigenvalue weighted by molar-refractivity contribution is -0.135. The fourth-order valence-corrected chi connectivity index (χ4v) is 3.49. The van der Waals surface area contributed by atoms with E-state index in [-0.39, 0.29) is 12.3 Å². The Labute approximate surface area is 139 Å². The third-order valence-electron chi connectivity index (χ3n) is 4.90. The van der Waals surface area contributed by atoms with Crippen LogP contribution in [0.25, 0.3) is 0 Å². The fourth-order valence-electron chi connectivity index (χ4n) is 3.49. The Balaban J connectivity index is 1.85. The topological polar surface area (TPSA) is 61.6 Å². The van der Waals surface area contributed by atoms with E-state index in [1.165, 1.54) is 0 Å². The molecule has 1 amide bonds. The summed E-state index contributed by atoms with van der Waals surface area (Å²) in [5.41, 5.74) is 0. The molecule has 6 heteroatoms. The predicted octanol–water partition coefficient (Wildman–Crippen LogP) is 1.66. The van der Waals surface area contributed by atoms with Gasteiger partial charge in [-0.2, -0.15) is 0 Å². The molecule has 1 aromatic heterocycles. The summed E-state index contributed by atoms with van der Waals surface area (Å²) >= 11 is 0. The highest BCUT2D eigenvalue weighted by molar-refractivity contribution is 5.76. The smallest absolute Gasteiger partial charge is 0.225 e. The van der Waals surface area contributed by atoms with Gasteiger partial charge in [-0.1, -0.05) is 13.8 Å². The number of carbonyl (C=O) groups is 1. The number of rotatable bonds is 7. The molecule has 0 bridgehead atoms. The van der Waals surface area contributed by atoms with Crippen molar-refractivity contribution in [3.63, 3.8) is 0 Å². The highest BCUT2D eigenvalue weighted by Crippen LogP contribution is 2.20. The highest BCUT2D eigenvalue weighted by Gasteiger charge is 2.27. The van der Waals surface area contributed by atoms with Gasteiger partial charge in [-0.25, -0.2) is 4.98 Å². The van der Waals surface area contributed by atoms with Gasteiger partial charge < -0.3 is 19.5 Å². The normalized spacial score (nSPS) is 17.7. The lowest BCUT2D eigenvalue weighted by Gasteiger charge is -2.38. The molecule has 0 radical (unpaired) electrons. The summed E-state index contributed by atoms with van der Waals surface area (Å²) in [6, 6.07) is 0.581. The van der Waals surface area contributed by atoms with Crippen molar-refractivity contribution < 1.29 is 9.90 Å². The average molecular weight is 322 g/mol. The van der Waals surface area contributed by atoms with Crippen LogP contribution in [0.2, 0.25) is 0 Å². The Morgan fingerprint density at radius 2 is 2.00 bits per heavy atom. The summed E-state index contributed by atoms with van der Waals surface area (Å²) < 4.78 is 1.88. The van der Waals surface area contributed by atoms with Crippen LogP contribution in [0.15, 0.2) is 12.4 Å². The van der Waals surface area contributed by atoms with E-state index in [9.17, 15) is 9.90 Å². The summed E-state index contributed by atoms with van der Waals surface area (Å²) in [5.74, 6) is 0.611. The second-order valence-corrected chi connectivity index (χ2v) is 6.12. The summed E-state index contributed by atoms with van der Waals surface area (Å²) in [7, 11) is 0. The van der Waals surface area contributed by atoms with Crippen molar-refractivity contribution in [3.8, 4) is 0 Å². The maximum atomic E-state index is 12.4. The van der Waals surface area contributed by atoms with Crippen LogP contribution in [0.5, 0.6) is 0 Å². The molecular formula is C17H30N4O2. The Morgan fingerprint density at radius 3 is 2.57 bits per heavy atom. The van der Waals surface area contributed by atoms with Crippen molar-refractivity contribution in [2.24, 2.45) is 0 Å². The van der Waals surface area contributed by atoms with Crippen molar-refractivity contribution in [3.05, 3.63) is 18.2 Å². The summed E-state index contributed by atoms with van der Waals surface area (Å²) in [6.07, 6.45) is 4.84. The van der Waals surface area contributed by atoms with Gasteiger partial charge in [0.15, 0.2) is 0 Å². The molecule has 2 rings (SSSR count). The third-order valence-corrected chi connectivity index (χ3v) is 4.90. The number of imidazole rings is 1. The van der Waals surface area contributed by atoms with E-state index in [0.29, 0.717) is 11.9 Å². The van der Waals surface area contributed by atoms with Crippen LogP contribution in [-0.2, 0) is 11.3 Å². The number of aryl methyl sites for hydroxylation is 1. The zero-order valence-electron chi connectivity index (χ0n) is 14.6. The molecule has 1 atom stereocenters. The van der Waals surface area contributed by atoms with Gasteiger partial charge in [-0.3, -0.25) is 4.79 Å². The number of piperidine rings is 1. The molecular weight excluding hydrogens is 292 g/mol. The number of carbonyl (C=O) groups excluding carboxylic acids is 1. The first kappa shape index (κ1) is 17.9. The van der Waals surface area contributed by atoms with E-state index in [4.69, 9.17) is 0 Å². The first-order chi connectivity index (χ1) is 11.1. The number of likely N-dealkylation sites (tertiary alicyclic amines) is 1. The Morgan fingerprint density at radius 1 is 1.35 bits per heavy atom. The number of hydrogen-bond acceptors (Lipinski definition) is 4. The van der Waals surface area contributed by atoms with Crippen molar-refractivity contribution in [2.75, 3.05) is 26.2 Å². The quantitative estimate of drug-likeness (QED) is 0.829. The largest absolute Gasteiger partial charge is 0.385 e. The lowest BCUT2D eigenvalue weighted by Crippen LogP contribution is -2.46. The average Bonchev–Trinajstić information content (AvgIpc) is 3.05. The van der Waals surface area contributed by atoms with Gasteiger partial charge in [0.1, 0.15) is 11.9 Å². The number of aliphatic hydroxyl groups is 1. The molecule has 1 saturated heterocycles. The minimum atomic E-state index is -0.821. The Bertz CT molecular complexity index is 491. The van der Waals surface area contributed by atoms with E-state index in [2.05, 4.69) is 23.7 Å². The van der Waals surface area contributed by atoms with E-state index >= 15 is 0 Å². The second-order valence-electron chi connectivity index (χ2n) is 6.12. The molecule has 0 aromatic carbocycles. The fraction of sp³-hybridized carbons (Fsp3) is 0.765. The molecule has 1 N–H and O–H groups in total. The van der Waals surface area contributed by atoms with Crippen LogP contribution in [0, 0.1) is 0 Å². The number of aromatic nitrogens is 2. The van der Waals surface area contributed by atoms with Crippen molar-refractivity contribution in [1.82, 2.24) is 19.4 Å². The maximum absolute atomic E-state index is 12.4. The first-order valence-electron chi connectivity index (χ1n) is 8.81. The standard InChI is InChI=1S/C17H30N4O2/c1-4-19(5-2)14-7-10-21(11-8-14)16(23)13-15(22)17-18-9-12-20(17)6-3/h9,12,14-15,22H,4-8,10-11,13H2,1-3H3/t15-/m0/s1. The molecule has 2 heterocycles. The molecule has 6 nitrogen and oxygen atoms in total. The van der Waals surface area contributed by atoms with Crippen LogP contribution >= 0.6 is 0 Å². The number of nitrogens with zero attached hydrogens (tertiary/aromatic N) is 4. The van der Waals surface area contributed by atoms with Crippen molar-refractivity contribution >= 4 is 5.91 Å². The zero-order chi connectivity index (χ0) is 16.8. The van der Waals surface area contributed by atoms with Gasteiger partial charge in [0, 0.05) is 38.1 Å². The van der Waals surface area contributed by atoms with Crippen molar-refractivity contribution in [2.45, 2.75) is 58.7 Å². The monoisotopic (exact) mass is 322 g/mol. The summed E-state index contributed by atoms with van der Waals surface area (Å²) in [6.45, 7) is 10.8. The lowest BCUT2D eigenvalue weighted by atomic mass is 10.0. The SMILES string of the molecule is CCN(CC)C1CCN(C(=O)C[C@H](O)c2nccn2CC)CC1. The third kappa shape index (κ3) is 4.32. The van der Waals surface area contributed by atoms with Gasteiger partial charge in [-0.05, 0) is 32.9 Å². The number of hydrogen-bond donors (Lipinski definition) is 1. The van der Waals surface area contributed by atoms with E-state index < -0.39 is 6.10 Å². The predicted molar refractivity (Wildman–Crippen MR) is 90.0 cm³/mol. The van der Waals surface area contributed by atoms with Gasteiger partial charge in [0.2, 0.25) is 5.91 Å². The Kier molecular flexibility index (Phi) is 6.59. The molecule has 1 aromatic rings. The molecule has 0 unspecified atom stereocenters. The van der Waals surface area contributed by atoms with Gasteiger partial charge in [0.25, 0.3) is 0 Å². The van der Waals surface area contributed by atoms with E-state index in [1.54, 1.807) is 6.20 Å². The van der Waals surface area contributed by atoms with Crippen LogP contribution in [0.1, 0.15) is 52.0 Å². The van der Waals surface area contributed by atoms with E-state index in [1.807, 2.05) is 22.6 Å². The van der Waals surface area contributed by atoms with Gasteiger partial charge in [0.05, 0.1) is 6.42 Å². The minimum absolute atomic E-state index is 0.0288. The molecule has 23 heavy (non-hydrogen) atoms. The van der Waals surface area contributed by atoms with Crippen LogP contribution in [0.4, 0.5) is 0 Å². The van der Waals surface area contributed by atoms with Crippen LogP contribution < -0.4 is 0 Å². The highest BCUT2D eigenvalue weighted by atomic mass is 16.3. The molecule has 0 saturated carbocycles. The minimum Gasteiger partial charge on any atom is -0.385 e. The molecule has 1 aliphatic rings. The van der Waals surface area contributed by atoms with Crippen LogP contribution in [-0.4, -0.2) is 62.6 Å². The Hall–Kier alpha value is -1.40. The van der Waals surface area contributed by atoms with E-state index in [0.717, 1.165) is 45.6 Å². The maximum Gasteiger partial charge on any atom is 0.225 e. The van der Waals surface area contributed by atoms with Crippen LogP contribution in [0.3, 0.4) is 0 Å². The van der Waals surface area contributed by atoms with Crippen molar-refractivity contribution in [1.29, 1.82) is 0 Å². The molecule has 1 aliphatic heterocycles. The number of amides is 1. The summed E-state index contributed by atoms with van der Waals surface area (Å²) in [4.78, 5) is 21.0. The number of aliphatic hydroxyl groups excluding tert-OH is 1. The summed E-state index contributed by atoms with van der Waals surface area (Å²) in [5, 5.41) is 10.3. The molecule has 0 spiro atoms. The molecule has 130 valence electrons. The molecule has 1 fully saturated rings.